The van der Waals surface area contributed by atoms with Gasteiger partial charge in [0.1, 0.15) is 5.82 Å². The molecule has 1 rings (SSSR count). The fourth-order valence-electron chi connectivity index (χ4n) is 1.09. The summed E-state index contributed by atoms with van der Waals surface area (Å²) in [6.45, 7) is 1.56. The molecule has 0 aliphatic heterocycles. The van der Waals surface area contributed by atoms with E-state index in [1.54, 1.807) is 19.1 Å². The molecule has 1 aromatic carbocycles. The highest BCUT2D eigenvalue weighted by atomic mass is 19.1. The van der Waals surface area contributed by atoms with Crippen molar-refractivity contribution >= 4 is 5.69 Å². The van der Waals surface area contributed by atoms with Crippen LogP contribution >= 0.6 is 0 Å². The van der Waals surface area contributed by atoms with Crippen LogP contribution in [0.15, 0.2) is 18.2 Å². The summed E-state index contributed by atoms with van der Waals surface area (Å²) in [7, 11) is 0. The minimum absolute atomic E-state index is 0.209. The average Bonchev–Trinajstić information content (AvgIpc) is 2.20. The van der Waals surface area contributed by atoms with Crippen LogP contribution in [0.25, 0.3) is 0 Å². The van der Waals surface area contributed by atoms with E-state index in [-0.39, 0.29) is 19.0 Å². The SMILES string of the molecule is Cc1c(F)cccc1NC[C@H](O)CO. The van der Waals surface area contributed by atoms with Crippen LogP contribution in [0.5, 0.6) is 0 Å². The van der Waals surface area contributed by atoms with Gasteiger partial charge in [-0.3, -0.25) is 0 Å². The molecule has 1 atom stereocenters. The first-order valence-corrected chi connectivity index (χ1v) is 4.43. The van der Waals surface area contributed by atoms with Crippen molar-refractivity contribution in [2.45, 2.75) is 13.0 Å². The molecule has 3 N–H and O–H groups in total. The predicted octanol–water partition coefficient (Wildman–Crippen LogP) is 0.899. The fraction of sp³-hybridized carbons (Fsp3) is 0.400. The highest BCUT2D eigenvalue weighted by molar-refractivity contribution is 5.50. The Balaban J connectivity index is 2.63. The molecule has 0 aliphatic rings. The molecule has 14 heavy (non-hydrogen) atoms. The molecule has 0 aromatic heterocycles. The molecule has 0 aliphatic carbocycles. The van der Waals surface area contributed by atoms with E-state index in [0.29, 0.717) is 11.3 Å². The van der Waals surface area contributed by atoms with Gasteiger partial charge in [-0.2, -0.15) is 0 Å². The number of nitrogens with one attached hydrogen (secondary N) is 1. The predicted molar refractivity (Wildman–Crippen MR) is 52.7 cm³/mol. The van der Waals surface area contributed by atoms with E-state index in [2.05, 4.69) is 5.32 Å². The smallest absolute Gasteiger partial charge is 0.128 e. The number of aliphatic hydroxyl groups excluding tert-OH is 2. The van der Waals surface area contributed by atoms with Gasteiger partial charge in [0.25, 0.3) is 0 Å². The number of hydrogen-bond donors (Lipinski definition) is 3. The Morgan fingerprint density at radius 2 is 2.21 bits per heavy atom. The van der Waals surface area contributed by atoms with E-state index in [1.807, 2.05) is 0 Å². The second kappa shape index (κ2) is 4.93. The van der Waals surface area contributed by atoms with Crippen LogP contribution in [-0.4, -0.2) is 29.5 Å². The molecular weight excluding hydrogens is 185 g/mol. The summed E-state index contributed by atoms with van der Waals surface area (Å²) in [4.78, 5) is 0. The Bertz CT molecular complexity index is 304. The molecule has 0 radical (unpaired) electrons. The number of hydrogen-bond acceptors (Lipinski definition) is 3. The van der Waals surface area contributed by atoms with Gasteiger partial charge in [0.2, 0.25) is 0 Å². The van der Waals surface area contributed by atoms with Gasteiger partial charge in [0.05, 0.1) is 12.7 Å². The molecule has 0 saturated heterocycles. The number of aliphatic hydroxyl groups is 2. The minimum atomic E-state index is -0.822. The summed E-state index contributed by atoms with van der Waals surface area (Å²) < 4.78 is 13.0. The molecule has 0 unspecified atom stereocenters. The van der Waals surface area contributed by atoms with Gasteiger partial charge in [-0.1, -0.05) is 6.07 Å². The van der Waals surface area contributed by atoms with E-state index in [9.17, 15) is 4.39 Å². The zero-order chi connectivity index (χ0) is 10.6. The summed E-state index contributed by atoms with van der Waals surface area (Å²) in [6.07, 6.45) is -0.822. The molecule has 0 bridgehead atoms. The van der Waals surface area contributed by atoms with Crippen LogP contribution in [0, 0.1) is 12.7 Å². The highest BCUT2D eigenvalue weighted by Crippen LogP contribution is 2.16. The third-order valence-electron chi connectivity index (χ3n) is 2.01. The Labute approximate surface area is 82.2 Å². The maximum absolute atomic E-state index is 13.0. The van der Waals surface area contributed by atoms with Gasteiger partial charge >= 0.3 is 0 Å². The first-order valence-electron chi connectivity index (χ1n) is 4.43. The van der Waals surface area contributed by atoms with Crippen molar-refractivity contribution < 1.29 is 14.6 Å². The number of benzene rings is 1. The van der Waals surface area contributed by atoms with Crippen LogP contribution in [0.2, 0.25) is 0 Å². The first-order chi connectivity index (χ1) is 6.65. The lowest BCUT2D eigenvalue weighted by atomic mass is 10.2. The summed E-state index contributed by atoms with van der Waals surface area (Å²) in [5.41, 5.74) is 1.15. The van der Waals surface area contributed by atoms with Gasteiger partial charge in [0.15, 0.2) is 0 Å². The van der Waals surface area contributed by atoms with E-state index < -0.39 is 6.10 Å². The molecular formula is C10H14FNO2. The summed E-state index contributed by atoms with van der Waals surface area (Å²) >= 11 is 0. The molecule has 3 nitrogen and oxygen atoms in total. The van der Waals surface area contributed by atoms with Gasteiger partial charge in [-0.05, 0) is 19.1 Å². The highest BCUT2D eigenvalue weighted by Gasteiger charge is 2.05. The lowest BCUT2D eigenvalue weighted by molar-refractivity contribution is 0.105. The standard InChI is InChI=1S/C10H14FNO2/c1-7-9(11)3-2-4-10(7)12-5-8(14)6-13/h2-4,8,12-14H,5-6H2,1H3/t8-/m0/s1. The molecule has 1 aromatic rings. The van der Waals surface area contributed by atoms with Crippen molar-refractivity contribution in [2.75, 3.05) is 18.5 Å². The monoisotopic (exact) mass is 199 g/mol. The van der Waals surface area contributed by atoms with Gasteiger partial charge in [0, 0.05) is 17.8 Å². The average molecular weight is 199 g/mol. The van der Waals surface area contributed by atoms with Crippen LogP contribution in [0.4, 0.5) is 10.1 Å². The molecule has 0 saturated carbocycles. The number of halogens is 1. The normalized spacial score (nSPS) is 12.6. The second-order valence-corrected chi connectivity index (χ2v) is 3.13. The Kier molecular flexibility index (Phi) is 3.85. The summed E-state index contributed by atoms with van der Waals surface area (Å²) in [5, 5.41) is 20.5. The van der Waals surface area contributed by atoms with Gasteiger partial charge in [-0.15, -0.1) is 0 Å². The molecule has 4 heteroatoms. The third-order valence-corrected chi connectivity index (χ3v) is 2.01. The van der Waals surface area contributed by atoms with Crippen molar-refractivity contribution in [3.8, 4) is 0 Å². The fourth-order valence-corrected chi connectivity index (χ4v) is 1.09. The topological polar surface area (TPSA) is 52.5 Å². The number of anilines is 1. The van der Waals surface area contributed by atoms with Crippen molar-refractivity contribution in [1.82, 2.24) is 0 Å². The van der Waals surface area contributed by atoms with Crippen LogP contribution < -0.4 is 5.32 Å². The van der Waals surface area contributed by atoms with Crippen LogP contribution in [0.1, 0.15) is 5.56 Å². The Hall–Kier alpha value is -1.13. The molecule has 0 amide bonds. The molecule has 0 heterocycles. The zero-order valence-electron chi connectivity index (χ0n) is 8.00. The van der Waals surface area contributed by atoms with Crippen LogP contribution in [0.3, 0.4) is 0 Å². The van der Waals surface area contributed by atoms with Crippen molar-refractivity contribution in [3.05, 3.63) is 29.6 Å². The largest absolute Gasteiger partial charge is 0.394 e. The minimum Gasteiger partial charge on any atom is -0.394 e. The number of rotatable bonds is 4. The summed E-state index contributed by atoms with van der Waals surface area (Å²) in [6, 6.07) is 4.70. The Morgan fingerprint density at radius 1 is 1.50 bits per heavy atom. The van der Waals surface area contributed by atoms with Crippen molar-refractivity contribution in [1.29, 1.82) is 0 Å². The second-order valence-electron chi connectivity index (χ2n) is 3.13. The van der Waals surface area contributed by atoms with E-state index in [4.69, 9.17) is 10.2 Å². The maximum atomic E-state index is 13.0. The Morgan fingerprint density at radius 3 is 2.86 bits per heavy atom. The first kappa shape index (κ1) is 10.9. The molecule has 0 fully saturated rings. The van der Waals surface area contributed by atoms with E-state index in [0.717, 1.165) is 0 Å². The quantitative estimate of drug-likeness (QED) is 0.675. The maximum Gasteiger partial charge on any atom is 0.128 e. The van der Waals surface area contributed by atoms with Crippen molar-refractivity contribution in [2.24, 2.45) is 0 Å². The third kappa shape index (κ3) is 2.68. The van der Waals surface area contributed by atoms with Crippen molar-refractivity contribution in [3.63, 3.8) is 0 Å². The van der Waals surface area contributed by atoms with E-state index >= 15 is 0 Å². The van der Waals surface area contributed by atoms with Gasteiger partial charge < -0.3 is 15.5 Å². The van der Waals surface area contributed by atoms with Gasteiger partial charge in [-0.25, -0.2) is 4.39 Å². The lowest BCUT2D eigenvalue weighted by Crippen LogP contribution is -2.23. The summed E-state index contributed by atoms with van der Waals surface area (Å²) in [5.74, 6) is -0.284. The molecule has 78 valence electrons. The van der Waals surface area contributed by atoms with Crippen LogP contribution in [-0.2, 0) is 0 Å². The zero-order valence-corrected chi connectivity index (χ0v) is 8.00. The van der Waals surface area contributed by atoms with E-state index in [1.165, 1.54) is 6.07 Å². The lowest BCUT2D eigenvalue weighted by Gasteiger charge is -2.12. The molecule has 0 spiro atoms.